The molecule has 0 unspecified atom stereocenters. The average Bonchev–Trinajstić information content (AvgIpc) is 2.45. The molecular formula is C17H12O3S. The van der Waals surface area contributed by atoms with Gasteiger partial charge in [0, 0.05) is 5.39 Å². The van der Waals surface area contributed by atoms with E-state index in [0.717, 1.165) is 32.5 Å². The zero-order valence-electron chi connectivity index (χ0n) is 11.3. The topological polar surface area (TPSA) is 54.4 Å². The van der Waals surface area contributed by atoms with Crippen molar-refractivity contribution >= 4 is 42.4 Å². The van der Waals surface area contributed by atoms with E-state index in [9.17, 15) is 13.0 Å². The van der Waals surface area contributed by atoms with Crippen molar-refractivity contribution in [2.75, 3.05) is 0 Å². The number of hydrogen-bond acceptors (Lipinski definition) is 2. The Morgan fingerprint density at radius 3 is 1.95 bits per heavy atom. The van der Waals surface area contributed by atoms with Crippen LogP contribution in [0.4, 0.5) is 0 Å². The molecule has 0 bridgehead atoms. The first-order valence-corrected chi connectivity index (χ1v) is 8.05. The summed E-state index contributed by atoms with van der Waals surface area (Å²) in [5.74, 6) is 0. The third-order valence-electron chi connectivity index (χ3n) is 4.12. The van der Waals surface area contributed by atoms with Crippen LogP contribution in [-0.4, -0.2) is 13.0 Å². The predicted molar refractivity (Wildman–Crippen MR) is 84.7 cm³/mol. The Balaban J connectivity index is 2.39. The summed E-state index contributed by atoms with van der Waals surface area (Å²) in [5.41, 5.74) is 1.15. The summed E-state index contributed by atoms with van der Waals surface area (Å²) >= 11 is 0. The average molecular weight is 296 g/mol. The molecule has 3 nitrogen and oxygen atoms in total. The molecule has 1 N–H and O–H groups in total. The normalized spacial score (nSPS) is 12.7. The molecule has 0 saturated heterocycles. The van der Waals surface area contributed by atoms with Gasteiger partial charge in [0.15, 0.2) is 0 Å². The van der Waals surface area contributed by atoms with Gasteiger partial charge in [0.05, 0.1) is 0 Å². The standard InChI is InChI=1S/C17H12O3S/c1-10-2-3-11-4-5-12-6-9-15(21(18,19)20)14-8-7-13(10)16(11)17(12)14/h2-9H,1H3,(H,18,19,20). The summed E-state index contributed by atoms with van der Waals surface area (Å²) in [7, 11) is -4.24. The molecule has 4 rings (SSSR count). The van der Waals surface area contributed by atoms with Crippen molar-refractivity contribution in [3.63, 3.8) is 0 Å². The maximum atomic E-state index is 11.6. The highest BCUT2D eigenvalue weighted by molar-refractivity contribution is 7.86. The fraction of sp³-hybridized carbons (Fsp3) is 0.0588. The second kappa shape index (κ2) is 3.93. The fourth-order valence-corrected chi connectivity index (χ4v) is 3.83. The molecule has 0 aliphatic heterocycles. The molecule has 4 heteroatoms. The van der Waals surface area contributed by atoms with Crippen molar-refractivity contribution in [3.05, 3.63) is 54.1 Å². The minimum Gasteiger partial charge on any atom is -0.282 e. The van der Waals surface area contributed by atoms with Crippen LogP contribution in [0.25, 0.3) is 32.3 Å². The van der Waals surface area contributed by atoms with Crippen molar-refractivity contribution in [1.82, 2.24) is 0 Å². The van der Waals surface area contributed by atoms with Gasteiger partial charge in [-0.05, 0) is 45.5 Å². The van der Waals surface area contributed by atoms with E-state index in [4.69, 9.17) is 0 Å². The Morgan fingerprint density at radius 1 is 0.762 bits per heavy atom. The highest BCUT2D eigenvalue weighted by atomic mass is 32.2. The second-order valence-electron chi connectivity index (χ2n) is 5.34. The largest absolute Gasteiger partial charge is 0.295 e. The van der Waals surface area contributed by atoms with Crippen LogP contribution in [-0.2, 0) is 10.1 Å². The molecule has 0 radical (unpaired) electrons. The van der Waals surface area contributed by atoms with E-state index in [1.54, 1.807) is 12.1 Å². The van der Waals surface area contributed by atoms with Gasteiger partial charge in [-0.1, -0.05) is 42.5 Å². The number of rotatable bonds is 1. The van der Waals surface area contributed by atoms with E-state index in [1.165, 1.54) is 6.07 Å². The van der Waals surface area contributed by atoms with Crippen LogP contribution < -0.4 is 0 Å². The monoisotopic (exact) mass is 296 g/mol. The van der Waals surface area contributed by atoms with Crippen molar-refractivity contribution in [2.24, 2.45) is 0 Å². The summed E-state index contributed by atoms with van der Waals surface area (Å²) in [6.45, 7) is 2.04. The zero-order chi connectivity index (χ0) is 14.8. The Morgan fingerprint density at radius 2 is 1.29 bits per heavy atom. The van der Waals surface area contributed by atoms with E-state index < -0.39 is 10.1 Å². The van der Waals surface area contributed by atoms with Crippen LogP contribution in [0.5, 0.6) is 0 Å². The van der Waals surface area contributed by atoms with Gasteiger partial charge in [0.1, 0.15) is 4.90 Å². The molecule has 0 aliphatic carbocycles. The maximum Gasteiger partial charge on any atom is 0.295 e. The minimum absolute atomic E-state index is 0.0362. The zero-order valence-corrected chi connectivity index (χ0v) is 12.1. The van der Waals surface area contributed by atoms with Gasteiger partial charge in [-0.2, -0.15) is 8.42 Å². The van der Waals surface area contributed by atoms with Gasteiger partial charge >= 0.3 is 0 Å². The van der Waals surface area contributed by atoms with Gasteiger partial charge in [-0.25, -0.2) is 0 Å². The number of aryl methyl sites for hydroxylation is 1. The molecule has 21 heavy (non-hydrogen) atoms. The smallest absolute Gasteiger partial charge is 0.282 e. The van der Waals surface area contributed by atoms with E-state index >= 15 is 0 Å². The van der Waals surface area contributed by atoms with Crippen molar-refractivity contribution < 1.29 is 13.0 Å². The number of hydrogen-bond donors (Lipinski definition) is 1. The van der Waals surface area contributed by atoms with E-state index in [0.29, 0.717) is 5.39 Å². The SMILES string of the molecule is Cc1ccc2ccc3ccc(S(=O)(=O)O)c4ccc1c2c34. The van der Waals surface area contributed by atoms with Gasteiger partial charge in [0.25, 0.3) is 10.1 Å². The molecule has 0 fully saturated rings. The molecule has 4 aromatic carbocycles. The van der Waals surface area contributed by atoms with E-state index in [-0.39, 0.29) is 4.90 Å². The van der Waals surface area contributed by atoms with Crippen molar-refractivity contribution in [1.29, 1.82) is 0 Å². The van der Waals surface area contributed by atoms with Crippen molar-refractivity contribution in [3.8, 4) is 0 Å². The third-order valence-corrected chi connectivity index (χ3v) is 5.03. The van der Waals surface area contributed by atoms with E-state index in [2.05, 4.69) is 6.07 Å². The molecule has 104 valence electrons. The Labute approximate surface area is 121 Å². The Hall–Kier alpha value is -2.17. The van der Waals surface area contributed by atoms with E-state index in [1.807, 2.05) is 31.2 Å². The molecule has 0 aromatic heterocycles. The van der Waals surface area contributed by atoms with Crippen LogP contribution >= 0.6 is 0 Å². The minimum atomic E-state index is -4.24. The third kappa shape index (κ3) is 1.66. The fourth-order valence-electron chi connectivity index (χ4n) is 3.15. The molecular weight excluding hydrogens is 284 g/mol. The van der Waals surface area contributed by atoms with Gasteiger partial charge < -0.3 is 0 Å². The lowest BCUT2D eigenvalue weighted by atomic mass is 9.92. The van der Waals surface area contributed by atoms with Gasteiger partial charge in [-0.3, -0.25) is 4.55 Å². The molecule has 0 heterocycles. The quantitative estimate of drug-likeness (QED) is 0.424. The second-order valence-corrected chi connectivity index (χ2v) is 6.73. The first kappa shape index (κ1) is 12.6. The molecule has 0 spiro atoms. The van der Waals surface area contributed by atoms with Crippen LogP contribution in [0.2, 0.25) is 0 Å². The van der Waals surface area contributed by atoms with Gasteiger partial charge in [-0.15, -0.1) is 0 Å². The predicted octanol–water partition coefficient (Wildman–Crippen LogP) is 4.14. The lowest BCUT2D eigenvalue weighted by Gasteiger charge is -2.13. The highest BCUT2D eigenvalue weighted by Crippen LogP contribution is 2.38. The summed E-state index contributed by atoms with van der Waals surface area (Å²) < 4.78 is 32.6. The highest BCUT2D eigenvalue weighted by Gasteiger charge is 2.17. The summed E-state index contributed by atoms with van der Waals surface area (Å²) in [6.07, 6.45) is 0. The first-order valence-electron chi connectivity index (χ1n) is 6.61. The van der Waals surface area contributed by atoms with Crippen LogP contribution in [0, 0.1) is 6.92 Å². The molecule has 0 atom stereocenters. The lowest BCUT2D eigenvalue weighted by molar-refractivity contribution is 0.484. The summed E-state index contributed by atoms with van der Waals surface area (Å²) in [4.78, 5) is -0.0362. The lowest BCUT2D eigenvalue weighted by Crippen LogP contribution is -1.99. The van der Waals surface area contributed by atoms with Crippen molar-refractivity contribution in [2.45, 2.75) is 11.8 Å². The van der Waals surface area contributed by atoms with Crippen LogP contribution in [0.3, 0.4) is 0 Å². The molecule has 0 saturated carbocycles. The Bertz CT molecular complexity index is 1110. The number of benzene rings is 4. The molecule has 0 aliphatic rings. The molecule has 0 amide bonds. The summed E-state index contributed by atoms with van der Waals surface area (Å²) in [6, 6.07) is 15.0. The van der Waals surface area contributed by atoms with Crippen LogP contribution in [0.15, 0.2) is 53.4 Å². The van der Waals surface area contributed by atoms with Crippen LogP contribution in [0.1, 0.15) is 5.56 Å². The first-order chi connectivity index (χ1) is 9.97. The summed E-state index contributed by atoms with van der Waals surface area (Å²) in [5, 5.41) is 5.67. The maximum absolute atomic E-state index is 11.6. The molecule has 4 aromatic rings. The Kier molecular flexibility index (Phi) is 2.35. The van der Waals surface area contributed by atoms with Gasteiger partial charge in [0.2, 0.25) is 0 Å².